The summed E-state index contributed by atoms with van der Waals surface area (Å²) in [6.07, 6.45) is 0.311. The van der Waals surface area contributed by atoms with Gasteiger partial charge in [0.15, 0.2) is 23.1 Å². The highest BCUT2D eigenvalue weighted by atomic mass is 19.1. The maximum atomic E-state index is 14.2. The zero-order chi connectivity index (χ0) is 22.0. The number of halogens is 1. The Morgan fingerprint density at radius 2 is 1.90 bits per heavy atom. The van der Waals surface area contributed by atoms with E-state index in [4.69, 9.17) is 16.2 Å². The van der Waals surface area contributed by atoms with Crippen LogP contribution in [0.4, 0.5) is 21.7 Å². The Kier molecular flexibility index (Phi) is 5.60. The van der Waals surface area contributed by atoms with Crippen LogP contribution < -0.4 is 16.8 Å². The molecule has 1 atom stereocenters. The Morgan fingerprint density at radius 1 is 1.16 bits per heavy atom. The van der Waals surface area contributed by atoms with Crippen LogP contribution in [-0.4, -0.2) is 42.9 Å². The van der Waals surface area contributed by atoms with Crippen molar-refractivity contribution in [1.82, 2.24) is 24.7 Å². The van der Waals surface area contributed by atoms with Crippen LogP contribution in [0.5, 0.6) is 0 Å². The van der Waals surface area contributed by atoms with Crippen LogP contribution in [0.15, 0.2) is 42.6 Å². The van der Waals surface area contributed by atoms with E-state index in [0.717, 1.165) is 0 Å². The van der Waals surface area contributed by atoms with Crippen LogP contribution in [-0.2, 0) is 11.3 Å². The second kappa shape index (κ2) is 8.50. The molecule has 0 aliphatic heterocycles. The molecule has 0 radical (unpaired) electrons. The number of rotatable bonds is 7. The number of aliphatic hydroxyl groups is 1. The third-order valence-corrected chi connectivity index (χ3v) is 4.55. The van der Waals surface area contributed by atoms with Gasteiger partial charge in [-0.1, -0.05) is 18.2 Å². The zero-order valence-corrected chi connectivity index (χ0v) is 16.7. The second-order valence-electron chi connectivity index (χ2n) is 6.62. The fourth-order valence-electron chi connectivity index (χ4n) is 3.15. The van der Waals surface area contributed by atoms with E-state index in [1.165, 1.54) is 6.07 Å². The van der Waals surface area contributed by atoms with Crippen molar-refractivity contribution >= 4 is 28.4 Å². The molecule has 0 fully saturated rings. The van der Waals surface area contributed by atoms with E-state index < -0.39 is 6.41 Å². The van der Waals surface area contributed by atoms with Crippen molar-refractivity contribution in [2.75, 3.05) is 23.4 Å². The Bertz CT molecular complexity index is 1210. The Morgan fingerprint density at radius 3 is 2.61 bits per heavy atom. The van der Waals surface area contributed by atoms with Gasteiger partial charge in [0.25, 0.3) is 0 Å². The van der Waals surface area contributed by atoms with Crippen LogP contribution in [0.25, 0.3) is 22.6 Å². The monoisotopic (exact) mass is 424 g/mol. The predicted molar refractivity (Wildman–Crippen MR) is 114 cm³/mol. The normalized spacial score (nSPS) is 12.2. The summed E-state index contributed by atoms with van der Waals surface area (Å²) in [5, 5.41) is 17.6. The summed E-state index contributed by atoms with van der Waals surface area (Å²) in [4.78, 5) is 12.9. The first-order valence-electron chi connectivity index (χ1n) is 9.52. The lowest BCUT2D eigenvalue weighted by Gasteiger charge is -2.16. The van der Waals surface area contributed by atoms with Gasteiger partial charge in [-0.15, -0.1) is 0 Å². The largest absolute Gasteiger partial charge is 0.382 e. The van der Waals surface area contributed by atoms with Gasteiger partial charge in [-0.3, -0.25) is 0 Å². The average Bonchev–Trinajstić information content (AvgIpc) is 3.11. The van der Waals surface area contributed by atoms with Crippen molar-refractivity contribution in [2.24, 2.45) is 0 Å². The molecule has 11 heteroatoms. The SMILES string of the molecule is CCOC(O)Nc1c(N)nc(-c2nn(Cc3ccccc3F)c3ncccc23)nc1N. The number of hydrogen-bond acceptors (Lipinski definition) is 9. The van der Waals surface area contributed by atoms with Gasteiger partial charge in [0, 0.05) is 18.4 Å². The first-order chi connectivity index (χ1) is 15.0. The molecule has 0 saturated carbocycles. The minimum Gasteiger partial charge on any atom is -0.382 e. The minimum absolute atomic E-state index is 0.0157. The Balaban J connectivity index is 1.76. The van der Waals surface area contributed by atoms with Gasteiger partial charge >= 0.3 is 0 Å². The van der Waals surface area contributed by atoms with Crippen LogP contribution in [0.2, 0.25) is 0 Å². The topological polar surface area (TPSA) is 150 Å². The van der Waals surface area contributed by atoms with Gasteiger partial charge in [0.1, 0.15) is 17.2 Å². The fourth-order valence-corrected chi connectivity index (χ4v) is 3.15. The first kappa shape index (κ1) is 20.4. The van der Waals surface area contributed by atoms with Crippen LogP contribution in [0.3, 0.4) is 0 Å². The van der Waals surface area contributed by atoms with Crippen molar-refractivity contribution < 1.29 is 14.2 Å². The third kappa shape index (κ3) is 4.09. The molecule has 31 heavy (non-hydrogen) atoms. The Hall–Kier alpha value is -3.83. The Labute approximate surface area is 176 Å². The fraction of sp³-hybridized carbons (Fsp3) is 0.200. The van der Waals surface area contributed by atoms with Crippen molar-refractivity contribution in [3.8, 4) is 11.5 Å². The molecule has 10 nitrogen and oxygen atoms in total. The number of pyridine rings is 1. The number of hydrogen-bond donors (Lipinski definition) is 4. The quantitative estimate of drug-likeness (QED) is 0.326. The molecule has 0 saturated heterocycles. The van der Waals surface area contributed by atoms with E-state index in [9.17, 15) is 9.50 Å². The van der Waals surface area contributed by atoms with Crippen molar-refractivity contribution in [1.29, 1.82) is 0 Å². The number of aromatic nitrogens is 5. The summed E-state index contributed by atoms with van der Waals surface area (Å²) in [7, 11) is 0. The molecule has 4 rings (SSSR count). The molecule has 1 aromatic carbocycles. The number of anilines is 3. The third-order valence-electron chi connectivity index (χ3n) is 4.55. The maximum absolute atomic E-state index is 14.2. The van der Waals surface area contributed by atoms with Gasteiger partial charge in [-0.05, 0) is 25.1 Å². The minimum atomic E-state index is -1.31. The molecule has 1 unspecified atom stereocenters. The lowest BCUT2D eigenvalue weighted by Crippen LogP contribution is -2.24. The lowest BCUT2D eigenvalue weighted by molar-refractivity contribution is -0.0730. The molecule has 0 amide bonds. The lowest BCUT2D eigenvalue weighted by atomic mass is 10.2. The van der Waals surface area contributed by atoms with Crippen LogP contribution in [0, 0.1) is 5.82 Å². The summed E-state index contributed by atoms with van der Waals surface area (Å²) < 4.78 is 20.8. The molecule has 6 N–H and O–H groups in total. The molecule has 4 aromatic rings. The van der Waals surface area contributed by atoms with Gasteiger partial charge in [-0.2, -0.15) is 5.10 Å². The number of benzene rings is 1. The molecule has 3 heterocycles. The highest BCUT2D eigenvalue weighted by molar-refractivity contribution is 5.90. The summed E-state index contributed by atoms with van der Waals surface area (Å²) in [6, 6.07) is 10.0. The molecular formula is C20H21FN8O2. The standard InChI is InChI=1S/C20H21FN8O2/c1-2-31-20(30)25-15-16(22)26-18(27-17(15)23)14-12-7-5-9-24-19(12)29(28-14)10-11-6-3-4-8-13(11)21/h3-9,20,25,30H,2,10H2,1H3,(H4,22,23,26,27). The molecule has 3 aromatic heterocycles. The number of ether oxygens (including phenoxy) is 1. The summed E-state index contributed by atoms with van der Waals surface area (Å²) in [5.74, 6) is -0.128. The molecule has 0 aliphatic carbocycles. The smallest absolute Gasteiger partial charge is 0.235 e. The van der Waals surface area contributed by atoms with Crippen molar-refractivity contribution in [3.63, 3.8) is 0 Å². The summed E-state index contributed by atoms with van der Waals surface area (Å²) >= 11 is 0. The first-order valence-corrected chi connectivity index (χ1v) is 9.52. The van der Waals surface area contributed by atoms with Gasteiger partial charge in [-0.25, -0.2) is 24.0 Å². The van der Waals surface area contributed by atoms with Crippen LogP contribution in [0.1, 0.15) is 12.5 Å². The van der Waals surface area contributed by atoms with E-state index in [1.807, 2.05) is 6.07 Å². The van der Waals surface area contributed by atoms with E-state index in [2.05, 4.69) is 25.4 Å². The molecule has 0 bridgehead atoms. The zero-order valence-electron chi connectivity index (χ0n) is 16.7. The van der Waals surface area contributed by atoms with E-state index in [0.29, 0.717) is 22.3 Å². The average molecular weight is 424 g/mol. The number of fused-ring (bicyclic) bond motifs is 1. The number of nitrogens with one attached hydrogen (secondary N) is 1. The molecule has 160 valence electrons. The summed E-state index contributed by atoms with van der Waals surface area (Å²) in [6.45, 7) is 2.19. The number of aliphatic hydroxyl groups excluding tert-OH is 1. The molecule has 0 aliphatic rings. The maximum Gasteiger partial charge on any atom is 0.235 e. The number of nitrogen functional groups attached to an aromatic ring is 2. The van der Waals surface area contributed by atoms with E-state index in [1.54, 1.807) is 42.1 Å². The van der Waals surface area contributed by atoms with Crippen LogP contribution >= 0.6 is 0 Å². The van der Waals surface area contributed by atoms with E-state index in [-0.39, 0.29) is 42.1 Å². The number of nitrogens with two attached hydrogens (primary N) is 2. The van der Waals surface area contributed by atoms with Crippen molar-refractivity contribution in [2.45, 2.75) is 19.9 Å². The van der Waals surface area contributed by atoms with Crippen molar-refractivity contribution in [3.05, 3.63) is 54.0 Å². The second-order valence-corrected chi connectivity index (χ2v) is 6.62. The molecular weight excluding hydrogens is 403 g/mol. The van der Waals surface area contributed by atoms with E-state index >= 15 is 0 Å². The van der Waals surface area contributed by atoms with Gasteiger partial charge < -0.3 is 26.6 Å². The predicted octanol–water partition coefficient (Wildman–Crippen LogP) is 1.96. The summed E-state index contributed by atoms with van der Waals surface area (Å²) in [5.41, 5.74) is 13.6. The highest BCUT2D eigenvalue weighted by Crippen LogP contribution is 2.30. The van der Waals surface area contributed by atoms with Gasteiger partial charge in [0.2, 0.25) is 6.41 Å². The number of nitrogens with zero attached hydrogens (tertiary/aromatic N) is 5. The highest BCUT2D eigenvalue weighted by Gasteiger charge is 2.20. The van der Waals surface area contributed by atoms with Gasteiger partial charge in [0.05, 0.1) is 11.9 Å². The molecule has 0 spiro atoms.